The largest absolute Gasteiger partial charge is 0.496 e. The lowest BCUT2D eigenvalue weighted by Crippen LogP contribution is -2.22. The van der Waals surface area contributed by atoms with Gasteiger partial charge in [0.25, 0.3) is 0 Å². The summed E-state index contributed by atoms with van der Waals surface area (Å²) < 4.78 is 5.39. The minimum absolute atomic E-state index is 0.351. The summed E-state index contributed by atoms with van der Waals surface area (Å²) in [5, 5.41) is 0.738. The molecular weight excluding hydrogens is 236 g/mol. The van der Waals surface area contributed by atoms with E-state index in [-0.39, 0.29) is 0 Å². The van der Waals surface area contributed by atoms with Crippen molar-refractivity contribution in [3.05, 3.63) is 28.8 Å². The summed E-state index contributed by atoms with van der Waals surface area (Å²) in [6, 6.07) is 5.74. The molecule has 4 heteroatoms. The van der Waals surface area contributed by atoms with E-state index in [1.165, 1.54) is 0 Å². The average molecular weight is 257 g/mol. The first-order chi connectivity index (χ1) is 8.08. The Morgan fingerprint density at radius 3 is 2.65 bits per heavy atom. The van der Waals surface area contributed by atoms with Gasteiger partial charge < -0.3 is 15.4 Å². The van der Waals surface area contributed by atoms with Crippen LogP contribution < -0.4 is 10.5 Å². The molecule has 96 valence electrons. The first-order valence-electron chi connectivity index (χ1n) is 5.76. The van der Waals surface area contributed by atoms with E-state index in [1.54, 1.807) is 7.11 Å². The maximum Gasteiger partial charge on any atom is 0.122 e. The smallest absolute Gasteiger partial charge is 0.122 e. The van der Waals surface area contributed by atoms with Crippen molar-refractivity contribution in [2.45, 2.75) is 12.3 Å². The van der Waals surface area contributed by atoms with Gasteiger partial charge in [-0.25, -0.2) is 0 Å². The Hall–Kier alpha value is -0.770. The highest BCUT2D eigenvalue weighted by Gasteiger charge is 2.16. The molecule has 2 N–H and O–H groups in total. The van der Waals surface area contributed by atoms with E-state index >= 15 is 0 Å². The number of halogens is 1. The number of benzene rings is 1. The van der Waals surface area contributed by atoms with Crippen LogP contribution in [0.25, 0.3) is 0 Å². The third kappa shape index (κ3) is 4.19. The van der Waals surface area contributed by atoms with E-state index in [0.29, 0.717) is 12.5 Å². The number of methoxy groups -OCH3 is 1. The molecule has 0 aliphatic heterocycles. The zero-order valence-electron chi connectivity index (χ0n) is 10.7. The molecule has 0 aromatic heterocycles. The molecular formula is C13H21ClN2O. The summed E-state index contributed by atoms with van der Waals surface area (Å²) in [4.78, 5) is 2.15. The average Bonchev–Trinajstić information content (AvgIpc) is 2.28. The molecule has 3 nitrogen and oxygen atoms in total. The Balaban J connectivity index is 3.02. The highest BCUT2D eigenvalue weighted by molar-refractivity contribution is 6.30. The van der Waals surface area contributed by atoms with E-state index in [0.717, 1.165) is 29.3 Å². The van der Waals surface area contributed by atoms with Crippen LogP contribution in [0.2, 0.25) is 5.02 Å². The fourth-order valence-electron chi connectivity index (χ4n) is 2.01. The minimum Gasteiger partial charge on any atom is -0.496 e. The summed E-state index contributed by atoms with van der Waals surface area (Å²) in [5.41, 5.74) is 6.82. The second-order valence-electron chi connectivity index (χ2n) is 4.42. The van der Waals surface area contributed by atoms with Gasteiger partial charge in [0.15, 0.2) is 0 Å². The van der Waals surface area contributed by atoms with E-state index in [1.807, 2.05) is 18.2 Å². The van der Waals surface area contributed by atoms with Crippen LogP contribution in [0.1, 0.15) is 17.9 Å². The zero-order valence-corrected chi connectivity index (χ0v) is 11.5. The topological polar surface area (TPSA) is 38.5 Å². The summed E-state index contributed by atoms with van der Waals surface area (Å²) in [5.74, 6) is 1.23. The third-order valence-electron chi connectivity index (χ3n) is 2.73. The maximum absolute atomic E-state index is 6.05. The molecule has 1 atom stereocenters. The lowest BCUT2D eigenvalue weighted by atomic mass is 9.94. The Labute approximate surface area is 109 Å². The van der Waals surface area contributed by atoms with Gasteiger partial charge >= 0.3 is 0 Å². The van der Waals surface area contributed by atoms with Crippen molar-refractivity contribution in [2.75, 3.05) is 34.3 Å². The quantitative estimate of drug-likeness (QED) is 0.849. The molecule has 0 amide bonds. The Bertz CT molecular complexity index is 355. The number of hydrogen-bond acceptors (Lipinski definition) is 3. The first kappa shape index (κ1) is 14.3. The van der Waals surface area contributed by atoms with E-state index in [2.05, 4.69) is 19.0 Å². The lowest BCUT2D eigenvalue weighted by Gasteiger charge is -2.23. The second-order valence-corrected chi connectivity index (χ2v) is 4.86. The first-order valence-corrected chi connectivity index (χ1v) is 6.14. The number of hydrogen-bond donors (Lipinski definition) is 1. The van der Waals surface area contributed by atoms with Crippen LogP contribution in [0.3, 0.4) is 0 Å². The van der Waals surface area contributed by atoms with Crippen LogP contribution in [0.15, 0.2) is 18.2 Å². The zero-order chi connectivity index (χ0) is 12.8. The Kier molecular flexibility index (Phi) is 5.75. The molecule has 1 rings (SSSR count). The molecule has 0 saturated carbocycles. The Morgan fingerprint density at radius 1 is 1.41 bits per heavy atom. The highest BCUT2D eigenvalue weighted by Crippen LogP contribution is 2.31. The maximum atomic E-state index is 6.05. The molecule has 0 bridgehead atoms. The molecule has 1 aromatic rings. The van der Waals surface area contributed by atoms with Crippen LogP contribution in [0, 0.1) is 0 Å². The fourth-order valence-corrected chi connectivity index (χ4v) is 2.19. The van der Waals surface area contributed by atoms with Gasteiger partial charge in [-0.3, -0.25) is 0 Å². The summed E-state index contributed by atoms with van der Waals surface area (Å²) in [7, 11) is 5.79. The van der Waals surface area contributed by atoms with Gasteiger partial charge in [0, 0.05) is 17.5 Å². The molecule has 0 saturated heterocycles. The van der Waals surface area contributed by atoms with Gasteiger partial charge in [-0.05, 0) is 50.8 Å². The van der Waals surface area contributed by atoms with Crippen LogP contribution in [0.5, 0.6) is 5.75 Å². The van der Waals surface area contributed by atoms with Crippen molar-refractivity contribution < 1.29 is 4.74 Å². The Morgan fingerprint density at radius 2 is 2.12 bits per heavy atom. The van der Waals surface area contributed by atoms with Gasteiger partial charge in [0.05, 0.1) is 7.11 Å². The second kappa shape index (κ2) is 6.84. The number of nitrogens with two attached hydrogens (primary N) is 1. The highest BCUT2D eigenvalue weighted by atomic mass is 35.5. The van der Waals surface area contributed by atoms with E-state index in [9.17, 15) is 0 Å². The van der Waals surface area contributed by atoms with Gasteiger partial charge in [0.2, 0.25) is 0 Å². The van der Waals surface area contributed by atoms with Crippen molar-refractivity contribution in [2.24, 2.45) is 5.73 Å². The molecule has 0 spiro atoms. The van der Waals surface area contributed by atoms with Crippen LogP contribution in [0.4, 0.5) is 0 Å². The molecule has 0 fully saturated rings. The van der Waals surface area contributed by atoms with Crippen molar-refractivity contribution in [1.82, 2.24) is 4.90 Å². The van der Waals surface area contributed by atoms with Crippen molar-refractivity contribution in [3.63, 3.8) is 0 Å². The van der Waals surface area contributed by atoms with Crippen LogP contribution in [-0.2, 0) is 0 Å². The lowest BCUT2D eigenvalue weighted by molar-refractivity contribution is 0.352. The fraction of sp³-hybridized carbons (Fsp3) is 0.538. The third-order valence-corrected chi connectivity index (χ3v) is 2.97. The summed E-state index contributed by atoms with van der Waals surface area (Å²) in [6.45, 7) is 1.60. The standard InChI is InChI=1S/C13H21ClN2O/c1-16(2)9-10(6-7-15)12-8-11(14)4-5-13(12)17-3/h4-5,8,10H,6-7,9,15H2,1-3H3. The van der Waals surface area contributed by atoms with Crippen molar-refractivity contribution in [1.29, 1.82) is 0 Å². The predicted molar refractivity (Wildman–Crippen MR) is 73.0 cm³/mol. The molecule has 1 unspecified atom stereocenters. The molecule has 0 radical (unpaired) electrons. The molecule has 0 heterocycles. The van der Waals surface area contributed by atoms with Crippen LogP contribution in [-0.4, -0.2) is 39.2 Å². The molecule has 17 heavy (non-hydrogen) atoms. The van der Waals surface area contributed by atoms with Crippen molar-refractivity contribution >= 4 is 11.6 Å². The summed E-state index contributed by atoms with van der Waals surface area (Å²) in [6.07, 6.45) is 0.925. The van der Waals surface area contributed by atoms with Crippen molar-refractivity contribution in [3.8, 4) is 5.75 Å². The number of nitrogens with zero attached hydrogens (tertiary/aromatic N) is 1. The molecule has 1 aromatic carbocycles. The normalized spacial score (nSPS) is 12.8. The van der Waals surface area contributed by atoms with E-state index in [4.69, 9.17) is 22.1 Å². The van der Waals surface area contributed by atoms with Gasteiger partial charge in [0.1, 0.15) is 5.75 Å². The van der Waals surface area contributed by atoms with Gasteiger partial charge in [-0.15, -0.1) is 0 Å². The minimum atomic E-state index is 0.351. The number of rotatable bonds is 6. The van der Waals surface area contributed by atoms with Gasteiger partial charge in [-0.2, -0.15) is 0 Å². The molecule has 0 aliphatic rings. The monoisotopic (exact) mass is 256 g/mol. The number of ether oxygens (including phenoxy) is 1. The molecule has 0 aliphatic carbocycles. The SMILES string of the molecule is COc1ccc(Cl)cc1C(CCN)CN(C)C. The summed E-state index contributed by atoms with van der Waals surface area (Å²) >= 11 is 6.05. The van der Waals surface area contributed by atoms with Gasteiger partial charge in [-0.1, -0.05) is 11.6 Å². The van der Waals surface area contributed by atoms with E-state index < -0.39 is 0 Å². The van der Waals surface area contributed by atoms with Crippen LogP contribution >= 0.6 is 11.6 Å². The predicted octanol–water partition coefficient (Wildman–Crippen LogP) is 2.34. The number of likely N-dealkylation sites (N-methyl/N-ethyl adjacent to an activating group) is 1.